The third-order valence-electron chi connectivity index (χ3n) is 4.24. The Bertz CT molecular complexity index is 931. The van der Waals surface area contributed by atoms with Gasteiger partial charge in [-0.15, -0.1) is 0 Å². The molecule has 0 aliphatic carbocycles. The topological polar surface area (TPSA) is 78.5 Å². The maximum absolute atomic E-state index is 12.6. The van der Waals surface area contributed by atoms with Crippen molar-refractivity contribution in [3.05, 3.63) is 58.6 Å². The molecule has 2 N–H and O–H groups in total. The van der Waals surface area contributed by atoms with Crippen molar-refractivity contribution in [3.63, 3.8) is 0 Å². The molecule has 2 aromatic rings. The zero-order valence-electron chi connectivity index (χ0n) is 14.3. The van der Waals surface area contributed by atoms with Crippen LogP contribution in [-0.4, -0.2) is 27.5 Å². The van der Waals surface area contributed by atoms with Crippen molar-refractivity contribution in [2.45, 2.75) is 24.8 Å². The highest BCUT2D eigenvalue weighted by molar-refractivity contribution is 7.89. The lowest BCUT2D eigenvalue weighted by atomic mass is 10.2. The van der Waals surface area contributed by atoms with Crippen molar-refractivity contribution in [1.82, 2.24) is 10.0 Å². The molecule has 6 nitrogen and oxygen atoms in total. The van der Waals surface area contributed by atoms with E-state index in [-0.39, 0.29) is 17.5 Å². The second kappa shape index (κ2) is 7.65. The Balaban J connectivity index is 1.77. The first-order valence-corrected chi connectivity index (χ1v) is 10.2. The third-order valence-corrected chi connectivity index (χ3v) is 6.01. The summed E-state index contributed by atoms with van der Waals surface area (Å²) in [6, 6.07) is 11.8. The highest BCUT2D eigenvalue weighted by atomic mass is 35.5. The maximum Gasteiger partial charge on any atom is 0.321 e. The second-order valence-electron chi connectivity index (χ2n) is 5.94. The van der Waals surface area contributed by atoms with Crippen LogP contribution in [0.3, 0.4) is 0 Å². The van der Waals surface area contributed by atoms with Crippen molar-refractivity contribution < 1.29 is 13.2 Å². The van der Waals surface area contributed by atoms with Crippen LogP contribution in [0.5, 0.6) is 0 Å². The number of urea groups is 1. The minimum atomic E-state index is -3.67. The third kappa shape index (κ3) is 3.85. The van der Waals surface area contributed by atoms with Gasteiger partial charge in [-0.05, 0) is 48.7 Å². The van der Waals surface area contributed by atoms with Crippen molar-refractivity contribution in [2.75, 3.05) is 18.0 Å². The molecule has 0 saturated heterocycles. The molecular formula is C18H20ClN3O3S. The molecule has 1 heterocycles. The lowest BCUT2D eigenvalue weighted by Gasteiger charge is -2.17. The molecule has 0 aromatic heterocycles. The number of carbonyl (C=O) groups is 1. The molecule has 0 bridgehead atoms. The number of nitrogens with one attached hydrogen (secondary N) is 2. The molecule has 8 heteroatoms. The van der Waals surface area contributed by atoms with E-state index >= 15 is 0 Å². The number of fused-ring (bicyclic) bond motifs is 1. The van der Waals surface area contributed by atoms with Gasteiger partial charge in [-0.3, -0.25) is 4.90 Å². The fourth-order valence-corrected chi connectivity index (χ4v) is 4.16. The number of amides is 2. The molecule has 1 aliphatic heterocycles. The minimum Gasteiger partial charge on any atom is -0.338 e. The summed E-state index contributed by atoms with van der Waals surface area (Å²) >= 11 is 6.07. The van der Waals surface area contributed by atoms with Gasteiger partial charge in [-0.1, -0.05) is 29.8 Å². The molecule has 0 saturated carbocycles. The number of rotatable bonds is 5. The quantitative estimate of drug-likeness (QED) is 0.819. The first kappa shape index (κ1) is 18.7. The van der Waals surface area contributed by atoms with Crippen LogP contribution in [-0.2, 0) is 23.0 Å². The predicted octanol–water partition coefficient (Wildman–Crippen LogP) is 2.91. The smallest absolute Gasteiger partial charge is 0.321 e. The first-order chi connectivity index (χ1) is 12.4. The first-order valence-electron chi connectivity index (χ1n) is 8.33. The van der Waals surface area contributed by atoms with Crippen LogP contribution in [0, 0.1) is 0 Å². The lowest BCUT2D eigenvalue weighted by molar-refractivity contribution is 0.247. The van der Waals surface area contributed by atoms with E-state index in [1.807, 2.05) is 6.92 Å². The average molecular weight is 394 g/mol. The van der Waals surface area contributed by atoms with Crippen LogP contribution in [0.1, 0.15) is 18.1 Å². The SMILES string of the molecule is CCNC(=O)N1CCc2cc(S(=O)(=O)NCc3ccccc3Cl)ccc21. The Morgan fingerprint density at radius 3 is 2.73 bits per heavy atom. The molecule has 0 unspecified atom stereocenters. The number of sulfonamides is 1. The molecule has 3 rings (SSSR count). The zero-order chi connectivity index (χ0) is 18.7. The van der Waals surface area contributed by atoms with Crippen molar-refractivity contribution in [2.24, 2.45) is 0 Å². The van der Waals surface area contributed by atoms with E-state index in [1.165, 1.54) is 6.07 Å². The summed E-state index contributed by atoms with van der Waals surface area (Å²) in [5, 5.41) is 3.28. The number of hydrogen-bond acceptors (Lipinski definition) is 3. The Kier molecular flexibility index (Phi) is 5.50. The van der Waals surface area contributed by atoms with Crippen LogP contribution in [0.4, 0.5) is 10.5 Å². The van der Waals surface area contributed by atoms with Crippen molar-refractivity contribution >= 4 is 33.3 Å². The molecule has 138 valence electrons. The van der Waals surface area contributed by atoms with Gasteiger partial charge in [0, 0.05) is 30.3 Å². The van der Waals surface area contributed by atoms with Gasteiger partial charge in [-0.25, -0.2) is 17.9 Å². The highest BCUT2D eigenvalue weighted by Gasteiger charge is 2.26. The van der Waals surface area contributed by atoms with Crippen molar-refractivity contribution in [1.29, 1.82) is 0 Å². The van der Waals surface area contributed by atoms with Crippen LogP contribution in [0.2, 0.25) is 5.02 Å². The summed E-state index contributed by atoms with van der Waals surface area (Å²) in [6.45, 7) is 3.06. The van der Waals surface area contributed by atoms with Gasteiger partial charge in [0.2, 0.25) is 10.0 Å². The van der Waals surface area contributed by atoms with E-state index in [9.17, 15) is 13.2 Å². The molecule has 0 fully saturated rings. The number of nitrogens with zero attached hydrogens (tertiary/aromatic N) is 1. The van der Waals surface area contributed by atoms with Crippen LogP contribution < -0.4 is 14.9 Å². The lowest BCUT2D eigenvalue weighted by Crippen LogP contribution is -2.38. The van der Waals surface area contributed by atoms with Crippen LogP contribution >= 0.6 is 11.6 Å². The molecule has 2 aromatic carbocycles. The predicted molar refractivity (Wildman–Crippen MR) is 102 cm³/mol. The van der Waals surface area contributed by atoms with Crippen molar-refractivity contribution in [3.8, 4) is 0 Å². The van der Waals surface area contributed by atoms with E-state index in [4.69, 9.17) is 11.6 Å². The Labute approximate surface area is 158 Å². The Hall–Kier alpha value is -2.09. The second-order valence-corrected chi connectivity index (χ2v) is 8.12. The highest BCUT2D eigenvalue weighted by Crippen LogP contribution is 2.30. The molecule has 0 spiro atoms. The van der Waals surface area contributed by atoms with E-state index in [2.05, 4.69) is 10.0 Å². The fraction of sp³-hybridized carbons (Fsp3) is 0.278. The molecule has 2 amide bonds. The van der Waals surface area contributed by atoms with Gasteiger partial charge in [0.25, 0.3) is 0 Å². The summed E-state index contributed by atoms with van der Waals surface area (Å²) in [5.74, 6) is 0. The number of anilines is 1. The standard InChI is InChI=1S/C18H20ClN3O3S/c1-2-20-18(23)22-10-9-13-11-15(7-8-17(13)22)26(24,25)21-12-14-5-3-4-6-16(14)19/h3-8,11,21H,2,9-10,12H2,1H3,(H,20,23). The molecule has 0 radical (unpaired) electrons. The van der Waals surface area contributed by atoms with Crippen LogP contribution in [0.25, 0.3) is 0 Å². The summed E-state index contributed by atoms with van der Waals surface area (Å²) < 4.78 is 27.7. The minimum absolute atomic E-state index is 0.115. The maximum atomic E-state index is 12.6. The summed E-state index contributed by atoms with van der Waals surface area (Å²) in [6.07, 6.45) is 0.625. The number of halogens is 1. The largest absolute Gasteiger partial charge is 0.338 e. The van der Waals surface area contributed by atoms with Gasteiger partial charge in [0.1, 0.15) is 0 Å². The van der Waals surface area contributed by atoms with Gasteiger partial charge in [0.05, 0.1) is 4.90 Å². The number of benzene rings is 2. The van der Waals surface area contributed by atoms with E-state index in [1.54, 1.807) is 41.3 Å². The Morgan fingerprint density at radius 1 is 1.23 bits per heavy atom. The van der Waals surface area contributed by atoms with E-state index in [0.29, 0.717) is 30.1 Å². The van der Waals surface area contributed by atoms with E-state index < -0.39 is 10.0 Å². The molecule has 0 atom stereocenters. The molecule has 26 heavy (non-hydrogen) atoms. The van der Waals surface area contributed by atoms with Crippen LogP contribution in [0.15, 0.2) is 47.4 Å². The fourth-order valence-electron chi connectivity index (χ4n) is 2.90. The van der Waals surface area contributed by atoms with Gasteiger partial charge < -0.3 is 5.32 Å². The zero-order valence-corrected chi connectivity index (χ0v) is 15.9. The average Bonchev–Trinajstić information content (AvgIpc) is 3.04. The van der Waals surface area contributed by atoms with Gasteiger partial charge in [0.15, 0.2) is 0 Å². The number of hydrogen-bond donors (Lipinski definition) is 2. The summed E-state index contributed by atoms with van der Waals surface area (Å²) in [4.78, 5) is 13.9. The molecule has 1 aliphatic rings. The normalized spacial score (nSPS) is 13.5. The number of carbonyl (C=O) groups excluding carboxylic acids is 1. The van der Waals surface area contributed by atoms with Gasteiger partial charge in [-0.2, -0.15) is 0 Å². The monoisotopic (exact) mass is 393 g/mol. The Morgan fingerprint density at radius 2 is 2.00 bits per heavy atom. The molecular weight excluding hydrogens is 374 g/mol. The van der Waals surface area contributed by atoms with E-state index in [0.717, 1.165) is 11.3 Å². The summed E-state index contributed by atoms with van der Waals surface area (Å²) in [5.41, 5.74) is 2.30. The summed E-state index contributed by atoms with van der Waals surface area (Å²) in [7, 11) is -3.67. The van der Waals surface area contributed by atoms with Gasteiger partial charge >= 0.3 is 6.03 Å².